The lowest BCUT2D eigenvalue weighted by atomic mass is 10.2. The second-order valence-electron chi connectivity index (χ2n) is 5.00. The number of carbonyl (C=O) groups is 1. The van der Waals surface area contributed by atoms with E-state index in [1.54, 1.807) is 18.7 Å². The van der Waals surface area contributed by atoms with Crippen LogP contribution in [0.5, 0.6) is 0 Å². The van der Waals surface area contributed by atoms with Crippen LogP contribution < -0.4 is 10.9 Å². The smallest absolute Gasteiger partial charge is 0.266 e. The van der Waals surface area contributed by atoms with E-state index in [4.69, 9.17) is 0 Å². The molecule has 2 N–H and O–H groups in total. The van der Waals surface area contributed by atoms with E-state index in [0.29, 0.717) is 32.2 Å². The first-order chi connectivity index (χ1) is 11.1. The largest absolute Gasteiger partial charge is 0.321 e. The van der Waals surface area contributed by atoms with E-state index in [1.807, 2.05) is 36.6 Å². The van der Waals surface area contributed by atoms with Crippen molar-refractivity contribution in [2.45, 2.75) is 12.7 Å². The summed E-state index contributed by atoms with van der Waals surface area (Å²) in [6.07, 6.45) is 1.95. The summed E-state index contributed by atoms with van der Waals surface area (Å²) in [5.74, 6) is 1.04. The summed E-state index contributed by atoms with van der Waals surface area (Å²) in [5.41, 5.74) is 1.20. The van der Waals surface area contributed by atoms with Gasteiger partial charge < -0.3 is 10.3 Å². The Bertz CT molecular complexity index is 916. The zero-order chi connectivity index (χ0) is 16.4. The number of hydrogen-bond acceptors (Lipinski definition) is 5. The van der Waals surface area contributed by atoms with Gasteiger partial charge in [0.15, 0.2) is 0 Å². The van der Waals surface area contributed by atoms with E-state index in [9.17, 15) is 9.59 Å². The Hall–Kier alpha value is -2.12. The van der Waals surface area contributed by atoms with E-state index < -0.39 is 0 Å². The average molecular weight is 345 g/mol. The maximum absolute atomic E-state index is 12.5. The van der Waals surface area contributed by atoms with E-state index in [1.165, 1.54) is 11.3 Å². The lowest BCUT2D eigenvalue weighted by molar-refractivity contribution is 0.103. The fourth-order valence-corrected chi connectivity index (χ4v) is 3.83. The second kappa shape index (κ2) is 6.55. The zero-order valence-corrected chi connectivity index (χ0v) is 14.3. The highest BCUT2D eigenvalue weighted by atomic mass is 32.2. The van der Waals surface area contributed by atoms with Crippen molar-refractivity contribution in [2.24, 2.45) is 0 Å². The lowest BCUT2D eigenvalue weighted by Gasteiger charge is -2.03. The minimum absolute atomic E-state index is 0.188. The molecule has 0 spiro atoms. The van der Waals surface area contributed by atoms with Crippen LogP contribution in [-0.4, -0.2) is 22.1 Å². The fourth-order valence-electron chi connectivity index (χ4n) is 2.32. The third-order valence-corrected chi connectivity index (χ3v) is 5.12. The van der Waals surface area contributed by atoms with Crippen molar-refractivity contribution in [1.29, 1.82) is 0 Å². The van der Waals surface area contributed by atoms with Crippen LogP contribution >= 0.6 is 23.1 Å². The van der Waals surface area contributed by atoms with Crippen molar-refractivity contribution in [3.05, 3.63) is 57.0 Å². The second-order valence-corrected chi connectivity index (χ2v) is 6.87. The molecule has 0 aliphatic rings. The third kappa shape index (κ3) is 3.16. The van der Waals surface area contributed by atoms with Crippen LogP contribution in [0.1, 0.15) is 21.1 Å². The van der Waals surface area contributed by atoms with Gasteiger partial charge in [0.1, 0.15) is 10.7 Å². The van der Waals surface area contributed by atoms with Crippen LogP contribution in [0.2, 0.25) is 0 Å². The van der Waals surface area contributed by atoms with Crippen LogP contribution in [0.15, 0.2) is 35.1 Å². The molecule has 1 aromatic carbocycles. The number of thioether (sulfide) groups is 1. The Morgan fingerprint density at radius 3 is 2.78 bits per heavy atom. The number of rotatable bonds is 4. The maximum Gasteiger partial charge on any atom is 0.266 e. The van der Waals surface area contributed by atoms with E-state index >= 15 is 0 Å². The molecule has 7 heteroatoms. The molecule has 0 radical (unpaired) electrons. The van der Waals surface area contributed by atoms with Crippen molar-refractivity contribution >= 4 is 44.9 Å². The number of aryl methyl sites for hydroxylation is 1. The number of nitrogens with one attached hydrogen (secondary N) is 2. The van der Waals surface area contributed by atoms with Gasteiger partial charge in [-0.05, 0) is 30.9 Å². The highest BCUT2D eigenvalue weighted by Gasteiger charge is 2.19. The predicted octanol–water partition coefficient (Wildman–Crippen LogP) is 3.41. The molecule has 3 aromatic rings. The molecule has 1 amide bonds. The molecular weight excluding hydrogens is 330 g/mol. The first-order valence-corrected chi connectivity index (χ1v) is 9.19. The monoisotopic (exact) mass is 345 g/mol. The number of thiophene rings is 1. The molecule has 0 atom stereocenters. The minimum atomic E-state index is -0.220. The number of fused-ring (bicyclic) bond motifs is 1. The highest BCUT2D eigenvalue weighted by molar-refractivity contribution is 7.97. The molecule has 0 aliphatic carbocycles. The van der Waals surface area contributed by atoms with Crippen molar-refractivity contribution in [1.82, 2.24) is 9.97 Å². The Morgan fingerprint density at radius 1 is 1.35 bits per heavy atom. The number of aromatic nitrogens is 2. The maximum atomic E-state index is 12.5. The molecular formula is C16H15N3O2S2. The Balaban J connectivity index is 2.01. The topological polar surface area (TPSA) is 74.8 Å². The molecule has 0 fully saturated rings. The molecule has 0 bridgehead atoms. The van der Waals surface area contributed by atoms with Gasteiger partial charge in [-0.25, -0.2) is 4.98 Å². The summed E-state index contributed by atoms with van der Waals surface area (Å²) < 4.78 is 0. The van der Waals surface area contributed by atoms with Crippen LogP contribution in [0, 0.1) is 6.92 Å². The predicted molar refractivity (Wildman–Crippen MR) is 96.6 cm³/mol. The van der Waals surface area contributed by atoms with Gasteiger partial charge in [-0.15, -0.1) is 11.3 Å². The summed E-state index contributed by atoms with van der Waals surface area (Å²) in [7, 11) is 0. The molecule has 5 nitrogen and oxygen atoms in total. The van der Waals surface area contributed by atoms with Gasteiger partial charge >= 0.3 is 0 Å². The van der Waals surface area contributed by atoms with Crippen LogP contribution in [0.4, 0.5) is 5.69 Å². The number of para-hydroxylation sites is 1. The molecule has 0 saturated carbocycles. The number of hydrogen-bond donors (Lipinski definition) is 2. The van der Waals surface area contributed by atoms with Crippen molar-refractivity contribution in [3.8, 4) is 0 Å². The van der Waals surface area contributed by atoms with Gasteiger partial charge in [-0.1, -0.05) is 18.2 Å². The average Bonchev–Trinajstić information content (AvgIpc) is 2.86. The first kappa shape index (κ1) is 15.8. The molecule has 3 rings (SSSR count). The number of aromatic amines is 1. The van der Waals surface area contributed by atoms with Crippen LogP contribution in [0.25, 0.3) is 10.2 Å². The number of benzene rings is 1. The summed E-state index contributed by atoms with van der Waals surface area (Å²) in [5, 5.41) is 3.34. The van der Waals surface area contributed by atoms with Gasteiger partial charge in [0.2, 0.25) is 0 Å². The molecule has 2 aromatic heterocycles. The molecule has 2 heterocycles. The van der Waals surface area contributed by atoms with Crippen molar-refractivity contribution in [3.63, 3.8) is 0 Å². The van der Waals surface area contributed by atoms with Crippen LogP contribution in [-0.2, 0) is 5.75 Å². The van der Waals surface area contributed by atoms with Gasteiger partial charge in [0, 0.05) is 5.69 Å². The number of amides is 1. The molecule has 0 aliphatic heterocycles. The summed E-state index contributed by atoms with van der Waals surface area (Å²) in [6, 6.07) is 9.24. The lowest BCUT2D eigenvalue weighted by Crippen LogP contribution is -2.13. The van der Waals surface area contributed by atoms with Crippen molar-refractivity contribution in [2.75, 3.05) is 11.6 Å². The number of nitrogens with zero attached hydrogens (tertiary/aromatic N) is 1. The van der Waals surface area contributed by atoms with E-state index in [2.05, 4.69) is 15.3 Å². The van der Waals surface area contributed by atoms with E-state index in [-0.39, 0.29) is 11.5 Å². The SMILES string of the molecule is CSCc1nc2sc(C(=O)Nc3ccccc3)c(C)c2c(=O)[nH]1. The van der Waals surface area contributed by atoms with Crippen molar-refractivity contribution < 1.29 is 4.79 Å². The quantitative estimate of drug-likeness (QED) is 0.760. The fraction of sp³-hybridized carbons (Fsp3) is 0.188. The van der Waals surface area contributed by atoms with E-state index in [0.717, 1.165) is 5.69 Å². The van der Waals surface area contributed by atoms with Gasteiger partial charge in [0.25, 0.3) is 11.5 Å². The summed E-state index contributed by atoms with van der Waals surface area (Å²) in [4.78, 5) is 33.1. The standard InChI is InChI=1S/C16H15N3O2S2/c1-9-12-14(20)18-11(8-22-2)19-16(12)23-13(9)15(21)17-10-6-4-3-5-7-10/h3-7H,8H2,1-2H3,(H,17,21)(H,18,19,20). The zero-order valence-electron chi connectivity index (χ0n) is 12.7. The Morgan fingerprint density at radius 2 is 2.09 bits per heavy atom. The minimum Gasteiger partial charge on any atom is -0.321 e. The Kier molecular flexibility index (Phi) is 4.49. The van der Waals surface area contributed by atoms with Gasteiger partial charge in [-0.3, -0.25) is 9.59 Å². The van der Waals surface area contributed by atoms with Gasteiger partial charge in [0.05, 0.1) is 16.0 Å². The Labute approximate surface area is 141 Å². The molecule has 0 unspecified atom stereocenters. The third-order valence-electron chi connectivity index (χ3n) is 3.37. The number of anilines is 1. The number of carbonyl (C=O) groups excluding carboxylic acids is 1. The molecule has 23 heavy (non-hydrogen) atoms. The first-order valence-electron chi connectivity index (χ1n) is 6.97. The normalized spacial score (nSPS) is 10.9. The molecule has 0 saturated heterocycles. The number of H-pyrrole nitrogens is 1. The molecule has 118 valence electrons. The summed E-state index contributed by atoms with van der Waals surface area (Å²) in [6.45, 7) is 1.78. The van der Waals surface area contributed by atoms with Gasteiger partial charge in [-0.2, -0.15) is 11.8 Å². The van der Waals surface area contributed by atoms with Crippen LogP contribution in [0.3, 0.4) is 0 Å². The summed E-state index contributed by atoms with van der Waals surface area (Å²) >= 11 is 2.84. The highest BCUT2D eigenvalue weighted by Crippen LogP contribution is 2.28.